The standard InChI is InChI=1S/C24H20/c1-2-9-17(10-3-1)23-21-15-6-4-13-19(21)20-14-5-7-16-22(20)24(23)18-11-8-12-18/h1-7,9-10,13-16,18H,8,11-12H2. The summed E-state index contributed by atoms with van der Waals surface area (Å²) < 4.78 is 0. The fraction of sp³-hybridized carbons (Fsp3) is 0.167. The van der Waals surface area contributed by atoms with E-state index in [9.17, 15) is 0 Å². The molecule has 1 aliphatic carbocycles. The minimum atomic E-state index is 0.703. The van der Waals surface area contributed by atoms with E-state index in [0.29, 0.717) is 5.92 Å². The SMILES string of the molecule is c1ccc(-c2c(C3CCC3)c3ccccc3c3ccccc23)cc1. The van der Waals surface area contributed by atoms with Gasteiger partial charge in [0.25, 0.3) is 0 Å². The van der Waals surface area contributed by atoms with Crippen LogP contribution in [0.25, 0.3) is 32.7 Å². The van der Waals surface area contributed by atoms with Crippen molar-refractivity contribution >= 4 is 21.5 Å². The van der Waals surface area contributed by atoms with Crippen LogP contribution in [-0.2, 0) is 0 Å². The first-order valence-electron chi connectivity index (χ1n) is 8.92. The molecule has 4 aromatic carbocycles. The van der Waals surface area contributed by atoms with E-state index in [1.165, 1.54) is 51.9 Å². The summed E-state index contributed by atoms with van der Waals surface area (Å²) in [5.41, 5.74) is 4.37. The molecule has 0 heterocycles. The lowest BCUT2D eigenvalue weighted by Gasteiger charge is -2.30. The second-order valence-corrected chi connectivity index (χ2v) is 6.87. The van der Waals surface area contributed by atoms with E-state index in [0.717, 1.165) is 0 Å². The van der Waals surface area contributed by atoms with Crippen LogP contribution in [0.15, 0.2) is 78.9 Å². The minimum absolute atomic E-state index is 0.703. The Balaban J connectivity index is 2.00. The van der Waals surface area contributed by atoms with Crippen molar-refractivity contribution < 1.29 is 0 Å². The molecule has 116 valence electrons. The largest absolute Gasteiger partial charge is 0.0622 e. The van der Waals surface area contributed by atoms with Gasteiger partial charge in [0.1, 0.15) is 0 Å². The molecule has 0 aliphatic heterocycles. The van der Waals surface area contributed by atoms with E-state index >= 15 is 0 Å². The van der Waals surface area contributed by atoms with E-state index in [1.54, 1.807) is 5.56 Å². The maximum absolute atomic E-state index is 2.32. The van der Waals surface area contributed by atoms with E-state index in [1.807, 2.05) is 0 Å². The van der Waals surface area contributed by atoms with Gasteiger partial charge in [-0.05, 0) is 57.0 Å². The predicted octanol–water partition coefficient (Wildman–Crippen LogP) is 6.93. The number of benzene rings is 4. The Morgan fingerprint density at radius 3 is 1.71 bits per heavy atom. The normalized spacial score (nSPS) is 14.8. The Kier molecular flexibility index (Phi) is 3.16. The second-order valence-electron chi connectivity index (χ2n) is 6.87. The van der Waals surface area contributed by atoms with E-state index < -0.39 is 0 Å². The summed E-state index contributed by atoms with van der Waals surface area (Å²) in [4.78, 5) is 0. The van der Waals surface area contributed by atoms with E-state index in [4.69, 9.17) is 0 Å². The molecule has 4 aromatic rings. The zero-order valence-electron chi connectivity index (χ0n) is 13.7. The van der Waals surface area contributed by atoms with Crippen LogP contribution in [0, 0.1) is 0 Å². The van der Waals surface area contributed by atoms with Gasteiger partial charge < -0.3 is 0 Å². The van der Waals surface area contributed by atoms with Gasteiger partial charge in [-0.2, -0.15) is 0 Å². The average molecular weight is 308 g/mol. The van der Waals surface area contributed by atoms with Gasteiger partial charge in [0.05, 0.1) is 0 Å². The van der Waals surface area contributed by atoms with Crippen LogP contribution in [-0.4, -0.2) is 0 Å². The van der Waals surface area contributed by atoms with E-state index in [-0.39, 0.29) is 0 Å². The molecule has 0 spiro atoms. The maximum atomic E-state index is 2.32. The van der Waals surface area contributed by atoms with Crippen molar-refractivity contribution in [3.05, 3.63) is 84.4 Å². The van der Waals surface area contributed by atoms with Gasteiger partial charge in [0, 0.05) is 0 Å². The first kappa shape index (κ1) is 13.8. The highest BCUT2D eigenvalue weighted by Gasteiger charge is 2.26. The van der Waals surface area contributed by atoms with Gasteiger partial charge in [0.2, 0.25) is 0 Å². The Bertz CT molecular complexity index is 1020. The zero-order valence-corrected chi connectivity index (χ0v) is 13.7. The summed E-state index contributed by atoms with van der Waals surface area (Å²) in [7, 11) is 0. The molecular weight excluding hydrogens is 288 g/mol. The quantitative estimate of drug-likeness (QED) is 0.352. The molecular formula is C24H20. The average Bonchev–Trinajstić information content (AvgIpc) is 2.61. The third kappa shape index (κ3) is 1.99. The van der Waals surface area contributed by atoms with Crippen LogP contribution in [0.1, 0.15) is 30.7 Å². The van der Waals surface area contributed by atoms with Crippen molar-refractivity contribution in [3.63, 3.8) is 0 Å². The highest BCUT2D eigenvalue weighted by Crippen LogP contribution is 2.48. The van der Waals surface area contributed by atoms with Crippen molar-refractivity contribution in [2.45, 2.75) is 25.2 Å². The number of fused-ring (bicyclic) bond motifs is 3. The molecule has 0 unspecified atom stereocenters. The number of hydrogen-bond acceptors (Lipinski definition) is 0. The zero-order chi connectivity index (χ0) is 15.9. The van der Waals surface area contributed by atoms with Gasteiger partial charge in [-0.25, -0.2) is 0 Å². The molecule has 0 amide bonds. The molecule has 0 heteroatoms. The maximum Gasteiger partial charge on any atom is -0.00641 e. The Labute approximate surface area is 142 Å². The molecule has 5 rings (SSSR count). The van der Waals surface area contributed by atoms with Gasteiger partial charge in [-0.3, -0.25) is 0 Å². The lowest BCUT2D eigenvalue weighted by atomic mass is 9.74. The minimum Gasteiger partial charge on any atom is -0.0622 e. The van der Waals surface area contributed by atoms with Crippen LogP contribution in [0.2, 0.25) is 0 Å². The summed E-state index contributed by atoms with van der Waals surface area (Å²) in [6, 6.07) is 28.8. The second kappa shape index (κ2) is 5.49. The molecule has 0 atom stereocenters. The topological polar surface area (TPSA) is 0 Å². The molecule has 1 aliphatic rings. The smallest absolute Gasteiger partial charge is 0.00641 e. The van der Waals surface area contributed by atoms with Crippen LogP contribution < -0.4 is 0 Å². The first-order chi connectivity index (χ1) is 11.9. The van der Waals surface area contributed by atoms with Gasteiger partial charge in [0.15, 0.2) is 0 Å². The monoisotopic (exact) mass is 308 g/mol. The number of hydrogen-bond donors (Lipinski definition) is 0. The van der Waals surface area contributed by atoms with Crippen LogP contribution in [0.3, 0.4) is 0 Å². The summed E-state index contributed by atoms with van der Waals surface area (Å²) in [5.74, 6) is 0.703. The first-order valence-corrected chi connectivity index (χ1v) is 8.92. The fourth-order valence-corrected chi connectivity index (χ4v) is 4.21. The van der Waals surface area contributed by atoms with Crippen LogP contribution >= 0.6 is 0 Å². The van der Waals surface area contributed by atoms with Crippen LogP contribution in [0.5, 0.6) is 0 Å². The van der Waals surface area contributed by atoms with Crippen LogP contribution in [0.4, 0.5) is 0 Å². The van der Waals surface area contributed by atoms with Crippen molar-refractivity contribution in [1.82, 2.24) is 0 Å². The van der Waals surface area contributed by atoms with Crippen molar-refractivity contribution in [3.8, 4) is 11.1 Å². The molecule has 1 saturated carbocycles. The molecule has 24 heavy (non-hydrogen) atoms. The fourth-order valence-electron chi connectivity index (χ4n) is 4.21. The summed E-state index contributed by atoms with van der Waals surface area (Å²) in [6.07, 6.45) is 4.00. The van der Waals surface area contributed by atoms with Crippen molar-refractivity contribution in [1.29, 1.82) is 0 Å². The lowest BCUT2D eigenvalue weighted by molar-refractivity contribution is 0.423. The summed E-state index contributed by atoms with van der Waals surface area (Å²) in [5, 5.41) is 5.61. The Morgan fingerprint density at radius 1 is 0.542 bits per heavy atom. The molecule has 0 aromatic heterocycles. The Morgan fingerprint density at radius 2 is 1.08 bits per heavy atom. The molecule has 0 saturated heterocycles. The summed E-state index contributed by atoms with van der Waals surface area (Å²) in [6.45, 7) is 0. The molecule has 0 N–H and O–H groups in total. The third-order valence-corrected chi connectivity index (χ3v) is 5.55. The summed E-state index contributed by atoms with van der Waals surface area (Å²) >= 11 is 0. The Hall–Kier alpha value is -2.60. The molecule has 1 fully saturated rings. The van der Waals surface area contributed by atoms with Gasteiger partial charge >= 0.3 is 0 Å². The highest BCUT2D eigenvalue weighted by molar-refractivity contribution is 6.16. The van der Waals surface area contributed by atoms with Gasteiger partial charge in [-0.1, -0.05) is 85.3 Å². The third-order valence-electron chi connectivity index (χ3n) is 5.55. The van der Waals surface area contributed by atoms with Gasteiger partial charge in [-0.15, -0.1) is 0 Å². The molecule has 0 nitrogen and oxygen atoms in total. The molecule has 0 bridgehead atoms. The van der Waals surface area contributed by atoms with Crippen molar-refractivity contribution in [2.75, 3.05) is 0 Å². The number of rotatable bonds is 2. The molecule has 0 radical (unpaired) electrons. The highest BCUT2D eigenvalue weighted by atomic mass is 14.3. The predicted molar refractivity (Wildman–Crippen MR) is 103 cm³/mol. The van der Waals surface area contributed by atoms with Crippen molar-refractivity contribution in [2.24, 2.45) is 0 Å². The van der Waals surface area contributed by atoms with E-state index in [2.05, 4.69) is 78.9 Å². The lowest BCUT2D eigenvalue weighted by Crippen LogP contribution is -2.11.